The van der Waals surface area contributed by atoms with Crippen LogP contribution >= 0.6 is 11.6 Å². The minimum atomic E-state index is -1.04. The Morgan fingerprint density at radius 2 is 1.93 bits per heavy atom. The van der Waals surface area contributed by atoms with E-state index < -0.39 is 36.0 Å². The van der Waals surface area contributed by atoms with E-state index in [4.69, 9.17) is 21.1 Å². The Hall–Kier alpha value is -3.36. The van der Waals surface area contributed by atoms with Gasteiger partial charge in [-0.05, 0) is 54.1 Å². The SMILES string of the molecule is CC(C)C(NC(=O)CC1CCOCC1)C(=O)N1C[C@H]2[C@@H]([C@H]1C(=O)NC(C#N)C[C@@H]1Oc3cc(Cl)ccc3NC1=O)C2(C)C. The highest BCUT2D eigenvalue weighted by atomic mass is 35.5. The molecule has 0 radical (unpaired) electrons. The number of fused-ring (bicyclic) bond motifs is 2. The van der Waals surface area contributed by atoms with E-state index in [1.54, 1.807) is 23.1 Å². The van der Waals surface area contributed by atoms with E-state index in [9.17, 15) is 24.4 Å². The molecule has 3 fully saturated rings. The Kier molecular flexibility index (Phi) is 8.91. The number of hydrogen-bond donors (Lipinski definition) is 3. The molecule has 0 spiro atoms. The van der Waals surface area contributed by atoms with Crippen LogP contribution in [0.1, 0.15) is 53.4 Å². The number of carbonyl (C=O) groups excluding carboxylic acids is 4. The molecule has 3 heterocycles. The van der Waals surface area contributed by atoms with Crippen molar-refractivity contribution < 1.29 is 28.7 Å². The van der Waals surface area contributed by atoms with E-state index >= 15 is 0 Å². The highest BCUT2D eigenvalue weighted by Gasteiger charge is 2.69. The van der Waals surface area contributed by atoms with Crippen molar-refractivity contribution in [2.24, 2.45) is 29.1 Å². The predicted molar refractivity (Wildman–Crippen MR) is 158 cm³/mol. The summed E-state index contributed by atoms with van der Waals surface area (Å²) in [5.41, 5.74) is 0.334. The number of carbonyl (C=O) groups is 4. The van der Waals surface area contributed by atoms with E-state index in [0.717, 1.165) is 12.8 Å². The zero-order chi connectivity index (χ0) is 31.1. The second kappa shape index (κ2) is 12.3. The van der Waals surface area contributed by atoms with Crippen LogP contribution in [0.4, 0.5) is 5.69 Å². The molecule has 3 N–H and O–H groups in total. The van der Waals surface area contributed by atoms with Gasteiger partial charge in [0.15, 0.2) is 6.10 Å². The summed E-state index contributed by atoms with van der Waals surface area (Å²) in [6, 6.07) is 4.30. The molecule has 0 aromatic heterocycles. The van der Waals surface area contributed by atoms with Gasteiger partial charge in [0.2, 0.25) is 17.7 Å². The first-order valence-corrected chi connectivity index (χ1v) is 15.4. The third-order valence-corrected chi connectivity index (χ3v) is 9.74. The number of likely N-dealkylation sites (tertiary alicyclic amines) is 1. The third kappa shape index (κ3) is 6.46. The summed E-state index contributed by atoms with van der Waals surface area (Å²) in [6.07, 6.45) is 0.857. The number of amides is 4. The van der Waals surface area contributed by atoms with Crippen LogP contribution in [-0.2, 0) is 23.9 Å². The van der Waals surface area contributed by atoms with Crippen molar-refractivity contribution in [2.75, 3.05) is 25.1 Å². The predicted octanol–water partition coefficient (Wildman–Crippen LogP) is 2.88. The number of nitriles is 1. The van der Waals surface area contributed by atoms with Crippen LogP contribution in [-0.4, -0.2) is 72.5 Å². The number of halogens is 1. The molecule has 2 saturated heterocycles. The summed E-state index contributed by atoms with van der Waals surface area (Å²) < 4.78 is 11.2. The standard InChI is InChI=1S/C31H40ClN5O6/c1-16(2)26(36-24(38)11-17-7-9-42-10-8-17)30(41)37-15-20-25(31(20,3)4)27(37)29(40)34-19(14-33)13-23-28(39)35-21-6-5-18(32)12-22(21)43-23/h5-6,12,16-17,19-20,23,25-27H,7-11,13,15H2,1-4H3,(H,34,40)(H,35,39)(H,36,38)/t19?,20-,23-,25-,26?,27-/m0/s1. The smallest absolute Gasteiger partial charge is 0.265 e. The summed E-state index contributed by atoms with van der Waals surface area (Å²) in [7, 11) is 0. The maximum Gasteiger partial charge on any atom is 0.265 e. The largest absolute Gasteiger partial charge is 0.478 e. The molecule has 6 atom stereocenters. The first-order valence-electron chi connectivity index (χ1n) is 15.0. The van der Waals surface area contributed by atoms with Crippen molar-refractivity contribution in [1.29, 1.82) is 5.26 Å². The molecule has 5 rings (SSSR count). The van der Waals surface area contributed by atoms with Gasteiger partial charge in [0, 0.05) is 43.7 Å². The van der Waals surface area contributed by atoms with Crippen molar-refractivity contribution in [3.63, 3.8) is 0 Å². The molecule has 4 aliphatic rings. The van der Waals surface area contributed by atoms with Crippen LogP contribution in [0.15, 0.2) is 18.2 Å². The topological polar surface area (TPSA) is 150 Å². The van der Waals surface area contributed by atoms with Crippen LogP contribution < -0.4 is 20.7 Å². The maximum atomic E-state index is 13.9. The Balaban J connectivity index is 1.26. The number of piperidine rings is 1. The summed E-state index contributed by atoms with van der Waals surface area (Å²) in [4.78, 5) is 54.9. The minimum Gasteiger partial charge on any atom is -0.478 e. The van der Waals surface area contributed by atoms with E-state index in [-0.39, 0.29) is 47.3 Å². The molecule has 1 aromatic rings. The second-order valence-electron chi connectivity index (χ2n) is 13.1. The highest BCUT2D eigenvalue weighted by molar-refractivity contribution is 6.30. The monoisotopic (exact) mass is 613 g/mol. The highest BCUT2D eigenvalue weighted by Crippen LogP contribution is 2.65. The van der Waals surface area contributed by atoms with Gasteiger partial charge in [-0.2, -0.15) is 5.26 Å². The van der Waals surface area contributed by atoms with Crippen molar-refractivity contribution in [3.05, 3.63) is 23.2 Å². The lowest BCUT2D eigenvalue weighted by molar-refractivity contribution is -0.144. The van der Waals surface area contributed by atoms with Crippen molar-refractivity contribution >= 4 is 40.9 Å². The van der Waals surface area contributed by atoms with Crippen LogP contribution in [0, 0.1) is 40.4 Å². The van der Waals surface area contributed by atoms with Crippen LogP contribution in [0.5, 0.6) is 5.75 Å². The van der Waals surface area contributed by atoms with Gasteiger partial charge in [-0.3, -0.25) is 19.2 Å². The fourth-order valence-corrected chi connectivity index (χ4v) is 7.00. The molecule has 1 aromatic carbocycles. The molecule has 43 heavy (non-hydrogen) atoms. The molecule has 1 saturated carbocycles. The first-order chi connectivity index (χ1) is 20.4. The lowest BCUT2D eigenvalue weighted by Gasteiger charge is -2.35. The third-order valence-electron chi connectivity index (χ3n) is 9.51. The van der Waals surface area contributed by atoms with Crippen molar-refractivity contribution in [2.45, 2.75) is 77.6 Å². The Morgan fingerprint density at radius 3 is 2.60 bits per heavy atom. The summed E-state index contributed by atoms with van der Waals surface area (Å²) in [5, 5.41) is 18.8. The number of hydrogen-bond acceptors (Lipinski definition) is 7. The number of nitrogens with zero attached hydrogens (tertiary/aromatic N) is 2. The van der Waals surface area contributed by atoms with Gasteiger partial charge in [-0.25, -0.2) is 0 Å². The van der Waals surface area contributed by atoms with Gasteiger partial charge in [0.1, 0.15) is 23.9 Å². The Bertz CT molecular complexity index is 1320. The lowest BCUT2D eigenvalue weighted by Crippen LogP contribution is -2.58. The minimum absolute atomic E-state index is 0.0789. The quantitative estimate of drug-likeness (QED) is 0.388. The van der Waals surface area contributed by atoms with Crippen molar-refractivity contribution in [1.82, 2.24) is 15.5 Å². The lowest BCUT2D eigenvalue weighted by atomic mass is 9.94. The molecule has 0 bridgehead atoms. The van der Waals surface area contributed by atoms with Gasteiger partial charge in [-0.1, -0.05) is 39.3 Å². The Labute approximate surface area is 257 Å². The summed E-state index contributed by atoms with van der Waals surface area (Å²) in [6.45, 7) is 9.57. The second-order valence-corrected chi connectivity index (χ2v) is 13.5. The maximum absolute atomic E-state index is 13.9. The molecule has 12 heteroatoms. The van der Waals surface area contributed by atoms with Crippen LogP contribution in [0.25, 0.3) is 0 Å². The van der Waals surface area contributed by atoms with Gasteiger partial charge < -0.3 is 30.3 Å². The number of ether oxygens (including phenoxy) is 2. The summed E-state index contributed by atoms with van der Waals surface area (Å²) >= 11 is 6.07. The normalized spacial score (nSPS) is 27.1. The molecule has 2 unspecified atom stereocenters. The van der Waals surface area contributed by atoms with Crippen LogP contribution in [0.3, 0.4) is 0 Å². The van der Waals surface area contributed by atoms with Gasteiger partial charge >= 0.3 is 0 Å². The van der Waals surface area contributed by atoms with Gasteiger partial charge in [0.25, 0.3) is 5.91 Å². The van der Waals surface area contributed by atoms with Gasteiger partial charge in [-0.15, -0.1) is 0 Å². The number of rotatable bonds is 9. The average Bonchev–Trinajstić information content (AvgIpc) is 3.28. The van der Waals surface area contributed by atoms with E-state index in [0.29, 0.717) is 42.6 Å². The van der Waals surface area contributed by atoms with E-state index in [1.165, 1.54) is 0 Å². The number of benzene rings is 1. The molecule has 4 amide bonds. The van der Waals surface area contributed by atoms with Crippen LogP contribution in [0.2, 0.25) is 5.02 Å². The summed E-state index contributed by atoms with van der Waals surface area (Å²) in [5.74, 6) is -0.886. The zero-order valence-electron chi connectivity index (χ0n) is 25.0. The molecule has 232 valence electrons. The van der Waals surface area contributed by atoms with E-state index in [1.807, 2.05) is 13.8 Å². The molecule has 3 aliphatic heterocycles. The average molecular weight is 614 g/mol. The number of nitrogens with one attached hydrogen (secondary N) is 3. The Morgan fingerprint density at radius 1 is 1.21 bits per heavy atom. The fourth-order valence-electron chi connectivity index (χ4n) is 6.84. The van der Waals surface area contributed by atoms with Gasteiger partial charge in [0.05, 0.1) is 11.8 Å². The zero-order valence-corrected chi connectivity index (χ0v) is 25.8. The number of anilines is 1. The molecule has 1 aliphatic carbocycles. The first kappa shape index (κ1) is 31.1. The van der Waals surface area contributed by atoms with E-state index in [2.05, 4.69) is 35.9 Å². The van der Waals surface area contributed by atoms with Crippen molar-refractivity contribution in [3.8, 4) is 11.8 Å². The molecular formula is C31H40ClN5O6. The fraction of sp³-hybridized carbons (Fsp3) is 0.645. The molecular weight excluding hydrogens is 574 g/mol. The molecule has 11 nitrogen and oxygen atoms in total.